The number of carboxylic acids is 1. The van der Waals surface area contributed by atoms with Gasteiger partial charge in [0.15, 0.2) is 5.75 Å². The zero-order valence-electron chi connectivity index (χ0n) is 12.2. The Bertz CT molecular complexity index is 788. The average Bonchev–Trinajstić information content (AvgIpc) is 2.90. The van der Waals surface area contributed by atoms with Gasteiger partial charge in [0.25, 0.3) is 11.5 Å². The van der Waals surface area contributed by atoms with Gasteiger partial charge in [0.2, 0.25) is 0 Å². The minimum absolute atomic E-state index is 0.141. The molecule has 0 saturated carbocycles. The maximum atomic E-state index is 12.5. The van der Waals surface area contributed by atoms with Crippen molar-refractivity contribution in [2.45, 2.75) is 20.4 Å². The second kappa shape index (κ2) is 5.92. The fraction of sp³-hybridized carbons (Fsp3) is 0.357. The van der Waals surface area contributed by atoms with Crippen molar-refractivity contribution in [2.24, 2.45) is 5.92 Å². The summed E-state index contributed by atoms with van der Waals surface area (Å²) < 4.78 is 2.82. The van der Waals surface area contributed by atoms with Gasteiger partial charge in [0, 0.05) is 12.7 Å². The minimum atomic E-state index is -1.24. The molecule has 2 heterocycles. The summed E-state index contributed by atoms with van der Waals surface area (Å²) in [4.78, 5) is 35.1. The lowest BCUT2D eigenvalue weighted by atomic mass is 10.2. The van der Waals surface area contributed by atoms with Gasteiger partial charge in [-0.1, -0.05) is 13.8 Å². The summed E-state index contributed by atoms with van der Waals surface area (Å²) in [6, 6.07) is 3.21. The molecule has 8 heteroatoms. The maximum Gasteiger partial charge on any atom is 0.322 e. The summed E-state index contributed by atoms with van der Waals surface area (Å²) in [6.07, 6.45) is 1.61. The number of carbonyl (C=O) groups is 2. The van der Waals surface area contributed by atoms with Crippen LogP contribution in [0.25, 0.3) is 5.52 Å². The zero-order chi connectivity index (χ0) is 16.4. The SMILES string of the molecule is CC(C)Cn1c(=O)c(C(=O)NCC(=O)O)c(O)c2cccn21. The molecule has 0 bridgehead atoms. The fourth-order valence-corrected chi connectivity index (χ4v) is 2.19. The average molecular weight is 307 g/mol. The summed E-state index contributed by atoms with van der Waals surface area (Å²) in [5.41, 5.74) is -0.813. The van der Waals surface area contributed by atoms with Crippen molar-refractivity contribution in [1.29, 1.82) is 0 Å². The molecule has 22 heavy (non-hydrogen) atoms. The van der Waals surface area contributed by atoms with E-state index in [0.29, 0.717) is 12.1 Å². The monoisotopic (exact) mass is 307 g/mol. The Labute approximate surface area is 125 Å². The lowest BCUT2D eigenvalue weighted by molar-refractivity contribution is -0.135. The first kappa shape index (κ1) is 15.6. The normalized spacial score (nSPS) is 11.0. The number of nitrogens with one attached hydrogen (secondary N) is 1. The summed E-state index contributed by atoms with van der Waals surface area (Å²) >= 11 is 0. The Balaban J connectivity index is 2.60. The highest BCUT2D eigenvalue weighted by atomic mass is 16.4. The predicted molar refractivity (Wildman–Crippen MR) is 78.1 cm³/mol. The zero-order valence-corrected chi connectivity index (χ0v) is 12.2. The van der Waals surface area contributed by atoms with Gasteiger partial charge in [-0.15, -0.1) is 0 Å². The van der Waals surface area contributed by atoms with E-state index in [1.807, 2.05) is 13.8 Å². The minimum Gasteiger partial charge on any atom is -0.505 e. The Morgan fingerprint density at radius 3 is 2.64 bits per heavy atom. The molecule has 0 saturated heterocycles. The second-order valence-electron chi connectivity index (χ2n) is 5.32. The van der Waals surface area contributed by atoms with Crippen molar-refractivity contribution in [1.82, 2.24) is 14.5 Å². The lowest BCUT2D eigenvalue weighted by Crippen LogP contribution is -2.38. The van der Waals surface area contributed by atoms with E-state index < -0.39 is 35.3 Å². The van der Waals surface area contributed by atoms with E-state index >= 15 is 0 Å². The van der Waals surface area contributed by atoms with E-state index in [1.54, 1.807) is 18.3 Å². The van der Waals surface area contributed by atoms with Crippen LogP contribution in [0, 0.1) is 5.92 Å². The third kappa shape index (κ3) is 2.80. The second-order valence-corrected chi connectivity index (χ2v) is 5.32. The standard InChI is InChI=1S/C14H17N3O5/c1-8(2)7-17-14(22)11(13(21)15-6-10(18)19)12(20)9-4-3-5-16(9)17/h3-5,8,20H,6-7H2,1-2H3,(H,15,21)(H,18,19). The third-order valence-electron chi connectivity index (χ3n) is 3.08. The molecular weight excluding hydrogens is 290 g/mol. The van der Waals surface area contributed by atoms with Crippen molar-refractivity contribution in [3.8, 4) is 5.75 Å². The van der Waals surface area contributed by atoms with Crippen LogP contribution >= 0.6 is 0 Å². The lowest BCUT2D eigenvalue weighted by Gasteiger charge is -2.15. The maximum absolute atomic E-state index is 12.5. The van der Waals surface area contributed by atoms with Gasteiger partial charge in [-0.25, -0.2) is 4.68 Å². The van der Waals surface area contributed by atoms with E-state index in [-0.39, 0.29) is 5.92 Å². The highest BCUT2D eigenvalue weighted by Crippen LogP contribution is 2.21. The molecular formula is C14H17N3O5. The first-order valence-corrected chi connectivity index (χ1v) is 6.76. The molecule has 0 aliphatic rings. The first-order valence-electron chi connectivity index (χ1n) is 6.76. The van der Waals surface area contributed by atoms with E-state index in [1.165, 1.54) is 9.20 Å². The number of carboxylic acid groups (broad SMARTS) is 1. The molecule has 0 unspecified atom stereocenters. The van der Waals surface area contributed by atoms with Crippen LogP contribution in [0.3, 0.4) is 0 Å². The molecule has 2 rings (SSSR count). The summed E-state index contributed by atoms with van der Waals surface area (Å²) in [6.45, 7) is 3.55. The van der Waals surface area contributed by atoms with Crippen LogP contribution in [-0.2, 0) is 11.3 Å². The predicted octanol–water partition coefficient (Wildman–Crippen LogP) is 0.277. The number of nitrogens with zero attached hydrogens (tertiary/aromatic N) is 2. The Morgan fingerprint density at radius 2 is 2.05 bits per heavy atom. The number of rotatable bonds is 5. The molecule has 0 aromatic carbocycles. The van der Waals surface area contributed by atoms with E-state index in [2.05, 4.69) is 5.32 Å². The van der Waals surface area contributed by atoms with Crippen molar-refractivity contribution < 1.29 is 19.8 Å². The topological polar surface area (TPSA) is 113 Å². The highest BCUT2D eigenvalue weighted by Gasteiger charge is 2.22. The van der Waals surface area contributed by atoms with Crippen LogP contribution in [0.15, 0.2) is 23.1 Å². The van der Waals surface area contributed by atoms with Gasteiger partial charge in [0.05, 0.1) is 0 Å². The summed E-state index contributed by atoms with van der Waals surface area (Å²) in [5, 5.41) is 20.9. The van der Waals surface area contributed by atoms with E-state index in [0.717, 1.165) is 0 Å². The Hall–Kier alpha value is -2.77. The molecule has 118 valence electrons. The van der Waals surface area contributed by atoms with Crippen LogP contribution in [-0.4, -0.2) is 37.8 Å². The molecule has 0 atom stereocenters. The first-order chi connectivity index (χ1) is 10.3. The van der Waals surface area contributed by atoms with E-state index in [4.69, 9.17) is 5.11 Å². The molecule has 0 fully saturated rings. The Kier molecular flexibility index (Phi) is 4.20. The van der Waals surface area contributed by atoms with Crippen molar-refractivity contribution in [2.75, 3.05) is 6.54 Å². The molecule has 0 aliphatic heterocycles. The Morgan fingerprint density at radius 1 is 1.36 bits per heavy atom. The molecule has 8 nitrogen and oxygen atoms in total. The number of aromatic nitrogens is 2. The van der Waals surface area contributed by atoms with E-state index in [9.17, 15) is 19.5 Å². The van der Waals surface area contributed by atoms with Gasteiger partial charge in [-0.05, 0) is 18.1 Å². The summed E-state index contributed by atoms with van der Waals surface area (Å²) in [5.74, 6) is -2.47. The number of fused-ring (bicyclic) bond motifs is 1. The molecule has 2 aromatic heterocycles. The van der Waals surface area contributed by atoms with Crippen LogP contribution in [0.2, 0.25) is 0 Å². The quantitative estimate of drug-likeness (QED) is 0.734. The van der Waals surface area contributed by atoms with Gasteiger partial charge in [-0.3, -0.25) is 18.9 Å². The van der Waals surface area contributed by atoms with Gasteiger partial charge in [-0.2, -0.15) is 0 Å². The third-order valence-corrected chi connectivity index (χ3v) is 3.08. The largest absolute Gasteiger partial charge is 0.505 e. The molecule has 0 aliphatic carbocycles. The van der Waals surface area contributed by atoms with Crippen molar-refractivity contribution >= 4 is 17.4 Å². The van der Waals surface area contributed by atoms with Gasteiger partial charge >= 0.3 is 5.97 Å². The summed E-state index contributed by atoms with van der Waals surface area (Å²) in [7, 11) is 0. The van der Waals surface area contributed by atoms with Gasteiger partial charge < -0.3 is 15.5 Å². The molecule has 1 amide bonds. The number of carbonyl (C=O) groups excluding carboxylic acids is 1. The fourth-order valence-electron chi connectivity index (χ4n) is 2.19. The molecule has 2 aromatic rings. The van der Waals surface area contributed by atoms with Crippen molar-refractivity contribution in [3.63, 3.8) is 0 Å². The number of aliphatic carboxylic acids is 1. The highest BCUT2D eigenvalue weighted by molar-refractivity contribution is 5.99. The number of aromatic hydroxyl groups is 1. The number of hydrogen-bond donors (Lipinski definition) is 3. The number of hydrogen-bond acceptors (Lipinski definition) is 4. The van der Waals surface area contributed by atoms with Crippen LogP contribution in [0.4, 0.5) is 0 Å². The molecule has 3 N–H and O–H groups in total. The molecule has 0 spiro atoms. The number of amides is 1. The molecule has 0 radical (unpaired) electrons. The van der Waals surface area contributed by atoms with Crippen LogP contribution in [0.1, 0.15) is 24.2 Å². The van der Waals surface area contributed by atoms with Crippen LogP contribution in [0.5, 0.6) is 5.75 Å². The van der Waals surface area contributed by atoms with Gasteiger partial charge in [0.1, 0.15) is 17.6 Å². The smallest absolute Gasteiger partial charge is 0.322 e. The van der Waals surface area contributed by atoms with Crippen molar-refractivity contribution in [3.05, 3.63) is 34.2 Å². The van der Waals surface area contributed by atoms with Crippen LogP contribution < -0.4 is 10.9 Å².